The van der Waals surface area contributed by atoms with E-state index in [-0.39, 0.29) is 24.0 Å². The van der Waals surface area contributed by atoms with Crippen molar-refractivity contribution in [2.45, 2.75) is 64.5 Å². The van der Waals surface area contributed by atoms with E-state index < -0.39 is 0 Å². The van der Waals surface area contributed by atoms with Gasteiger partial charge >= 0.3 is 6.03 Å². The summed E-state index contributed by atoms with van der Waals surface area (Å²) in [6.45, 7) is 4.74. The first kappa shape index (κ1) is 13.4. The van der Waals surface area contributed by atoms with Gasteiger partial charge in [-0.1, -0.05) is 0 Å². The van der Waals surface area contributed by atoms with Crippen molar-refractivity contribution < 1.29 is 9.59 Å². The smallest absolute Gasteiger partial charge is 0.317 e. The van der Waals surface area contributed by atoms with Gasteiger partial charge in [0.05, 0.1) is 0 Å². The van der Waals surface area contributed by atoms with Gasteiger partial charge in [0.15, 0.2) is 0 Å². The Bertz CT molecular complexity index is 328. The fourth-order valence-corrected chi connectivity index (χ4v) is 3.21. The molecule has 4 nitrogen and oxygen atoms in total. The second-order valence-electron chi connectivity index (χ2n) is 5.83. The van der Waals surface area contributed by atoms with Crippen LogP contribution >= 0.6 is 0 Å². The molecule has 1 heterocycles. The third kappa shape index (κ3) is 2.85. The van der Waals surface area contributed by atoms with Crippen LogP contribution in [0.5, 0.6) is 0 Å². The van der Waals surface area contributed by atoms with E-state index in [1.54, 1.807) is 0 Å². The summed E-state index contributed by atoms with van der Waals surface area (Å²) in [7, 11) is 0. The molecule has 2 amide bonds. The largest absolute Gasteiger partial charge is 0.336 e. The van der Waals surface area contributed by atoms with Crippen molar-refractivity contribution in [1.29, 1.82) is 0 Å². The van der Waals surface area contributed by atoms with Crippen molar-refractivity contribution >= 4 is 11.8 Å². The van der Waals surface area contributed by atoms with Gasteiger partial charge in [-0.2, -0.15) is 0 Å². The Labute approximate surface area is 109 Å². The monoisotopic (exact) mass is 252 g/mol. The van der Waals surface area contributed by atoms with Crippen LogP contribution in [0.15, 0.2) is 0 Å². The summed E-state index contributed by atoms with van der Waals surface area (Å²) >= 11 is 0. The second kappa shape index (κ2) is 5.72. The molecule has 2 aliphatic rings. The highest BCUT2D eigenvalue weighted by Gasteiger charge is 2.38. The summed E-state index contributed by atoms with van der Waals surface area (Å²) in [6, 6.07) is 0.307. The molecule has 1 N–H and O–H groups in total. The summed E-state index contributed by atoms with van der Waals surface area (Å²) in [4.78, 5) is 26.0. The molecule has 4 heteroatoms. The normalized spacial score (nSPS) is 28.8. The number of nitrogens with one attached hydrogen (secondary N) is 1. The fourth-order valence-electron chi connectivity index (χ4n) is 3.21. The average molecular weight is 252 g/mol. The molecule has 0 aromatic heterocycles. The van der Waals surface area contributed by atoms with Crippen molar-refractivity contribution in [3.63, 3.8) is 0 Å². The third-order valence-electron chi connectivity index (χ3n) is 4.04. The maximum absolute atomic E-state index is 12.2. The molecule has 1 aliphatic carbocycles. The molecular formula is C14H24N2O2. The van der Waals surface area contributed by atoms with Gasteiger partial charge in [-0.25, -0.2) is 4.79 Å². The zero-order valence-corrected chi connectivity index (χ0v) is 11.4. The van der Waals surface area contributed by atoms with Crippen LogP contribution in [0, 0.1) is 5.92 Å². The van der Waals surface area contributed by atoms with Crippen LogP contribution in [-0.2, 0) is 4.79 Å². The second-order valence-corrected chi connectivity index (χ2v) is 5.83. The van der Waals surface area contributed by atoms with E-state index in [1.807, 2.05) is 18.7 Å². The lowest BCUT2D eigenvalue weighted by atomic mass is 9.88. The number of amides is 2. The molecule has 0 aromatic carbocycles. The number of urea groups is 1. The van der Waals surface area contributed by atoms with Crippen LogP contribution in [0.1, 0.15) is 52.4 Å². The van der Waals surface area contributed by atoms with Crippen LogP contribution in [0.4, 0.5) is 4.79 Å². The lowest BCUT2D eigenvalue weighted by Gasteiger charge is -2.39. The number of hydrogen-bond donors (Lipinski definition) is 1. The number of hydrogen-bond acceptors (Lipinski definition) is 2. The van der Waals surface area contributed by atoms with Gasteiger partial charge in [0.2, 0.25) is 0 Å². The van der Waals surface area contributed by atoms with Gasteiger partial charge in [-0.05, 0) is 46.0 Å². The highest BCUT2D eigenvalue weighted by Crippen LogP contribution is 2.32. The summed E-state index contributed by atoms with van der Waals surface area (Å²) in [5.41, 5.74) is 0. The number of carbonyl (C=O) groups excluding carboxylic acids is 2. The minimum absolute atomic E-state index is 0.00870. The number of Topliss-reactive ketones (excluding diaryl/α,β-unsaturated/α-hetero) is 1. The average Bonchev–Trinajstić information content (AvgIpc) is 2.74. The van der Waals surface area contributed by atoms with E-state index in [4.69, 9.17) is 0 Å². The standard InChI is InChI=1S/C14H24N2O2/c1-10(2)15-14(18)16-9-4-3-7-12(16)11-6-5-8-13(11)17/h10-12H,3-9H2,1-2H3,(H,15,18). The Morgan fingerprint density at radius 2 is 2.06 bits per heavy atom. The van der Waals surface area contributed by atoms with Gasteiger partial charge in [0.25, 0.3) is 0 Å². The summed E-state index contributed by atoms with van der Waals surface area (Å²) in [5, 5.41) is 2.96. The van der Waals surface area contributed by atoms with Crippen LogP contribution < -0.4 is 5.32 Å². The van der Waals surface area contributed by atoms with Crippen molar-refractivity contribution in [1.82, 2.24) is 10.2 Å². The molecular weight excluding hydrogens is 228 g/mol. The maximum Gasteiger partial charge on any atom is 0.317 e. The number of carbonyl (C=O) groups is 2. The minimum Gasteiger partial charge on any atom is -0.336 e. The van der Waals surface area contributed by atoms with Gasteiger partial charge < -0.3 is 10.2 Å². The van der Waals surface area contributed by atoms with Crippen LogP contribution in [0.2, 0.25) is 0 Å². The van der Waals surface area contributed by atoms with E-state index >= 15 is 0 Å². The predicted octanol–water partition coefficient (Wildman–Crippen LogP) is 2.33. The van der Waals surface area contributed by atoms with Crippen molar-refractivity contribution in [2.75, 3.05) is 6.54 Å². The molecule has 0 bridgehead atoms. The van der Waals surface area contributed by atoms with E-state index in [9.17, 15) is 9.59 Å². The summed E-state index contributed by atoms with van der Waals surface area (Å²) in [5.74, 6) is 0.465. The minimum atomic E-state index is 0.00870. The molecule has 2 rings (SSSR count). The molecule has 18 heavy (non-hydrogen) atoms. The first-order valence-electron chi connectivity index (χ1n) is 7.19. The molecule has 0 aromatic rings. The van der Waals surface area contributed by atoms with E-state index in [0.717, 1.165) is 38.6 Å². The molecule has 2 atom stereocenters. The van der Waals surface area contributed by atoms with Gasteiger partial charge in [0.1, 0.15) is 5.78 Å². The number of likely N-dealkylation sites (tertiary alicyclic amines) is 1. The van der Waals surface area contributed by atoms with Crippen LogP contribution in [0.25, 0.3) is 0 Å². The topological polar surface area (TPSA) is 49.4 Å². The zero-order chi connectivity index (χ0) is 13.1. The number of nitrogens with zero attached hydrogens (tertiary/aromatic N) is 1. The van der Waals surface area contributed by atoms with Gasteiger partial charge in [0, 0.05) is 31.0 Å². The van der Waals surface area contributed by atoms with E-state index in [0.29, 0.717) is 12.2 Å². The summed E-state index contributed by atoms with van der Waals surface area (Å²) in [6.07, 6.45) is 5.86. The Morgan fingerprint density at radius 1 is 1.28 bits per heavy atom. The molecule has 0 spiro atoms. The quantitative estimate of drug-likeness (QED) is 0.820. The Morgan fingerprint density at radius 3 is 2.67 bits per heavy atom. The molecule has 2 fully saturated rings. The van der Waals surface area contributed by atoms with Crippen molar-refractivity contribution in [2.24, 2.45) is 5.92 Å². The molecule has 1 saturated heterocycles. The van der Waals surface area contributed by atoms with Crippen molar-refractivity contribution in [3.05, 3.63) is 0 Å². The lowest BCUT2D eigenvalue weighted by molar-refractivity contribution is -0.122. The SMILES string of the molecule is CC(C)NC(=O)N1CCCCC1C1CCCC1=O. The Hall–Kier alpha value is -1.06. The highest BCUT2D eigenvalue weighted by atomic mass is 16.2. The highest BCUT2D eigenvalue weighted by molar-refractivity contribution is 5.84. The molecule has 0 radical (unpaired) electrons. The van der Waals surface area contributed by atoms with Crippen LogP contribution in [0.3, 0.4) is 0 Å². The maximum atomic E-state index is 12.2. The molecule has 102 valence electrons. The number of ketones is 1. The molecule has 2 unspecified atom stereocenters. The molecule has 1 saturated carbocycles. The van der Waals surface area contributed by atoms with Crippen molar-refractivity contribution in [3.8, 4) is 0 Å². The third-order valence-corrected chi connectivity index (χ3v) is 4.04. The first-order valence-corrected chi connectivity index (χ1v) is 7.19. The Balaban J connectivity index is 2.05. The number of piperidine rings is 1. The molecule has 1 aliphatic heterocycles. The van der Waals surface area contributed by atoms with Crippen LogP contribution in [-0.4, -0.2) is 35.3 Å². The van der Waals surface area contributed by atoms with Gasteiger partial charge in [-0.3, -0.25) is 4.79 Å². The van der Waals surface area contributed by atoms with Gasteiger partial charge in [-0.15, -0.1) is 0 Å². The summed E-state index contributed by atoms with van der Waals surface area (Å²) < 4.78 is 0. The predicted molar refractivity (Wildman–Crippen MR) is 70.4 cm³/mol. The van der Waals surface area contributed by atoms with E-state index in [2.05, 4.69) is 5.32 Å². The first-order chi connectivity index (χ1) is 8.59. The van der Waals surface area contributed by atoms with E-state index in [1.165, 1.54) is 0 Å². The lowest BCUT2D eigenvalue weighted by Crippen LogP contribution is -2.53. The Kier molecular flexibility index (Phi) is 4.25. The zero-order valence-electron chi connectivity index (χ0n) is 11.4. The fraction of sp³-hybridized carbons (Fsp3) is 0.857. The number of rotatable bonds is 2.